The van der Waals surface area contributed by atoms with Crippen LogP contribution in [0.3, 0.4) is 0 Å². The number of aromatic carboxylic acids is 1. The summed E-state index contributed by atoms with van der Waals surface area (Å²) < 4.78 is 5.15. The Hall–Kier alpha value is -2.50. The van der Waals surface area contributed by atoms with Crippen molar-refractivity contribution < 1.29 is 14.4 Å². The number of hydrogen-bond acceptors (Lipinski definition) is 5. The molecule has 2 rings (SSSR count). The molecule has 1 unspecified atom stereocenters. The molecule has 2 aromatic rings. The normalized spacial score (nSPS) is 12.2. The highest BCUT2D eigenvalue weighted by Gasteiger charge is 2.18. The third-order valence-electron chi connectivity index (χ3n) is 3.52. The number of carbonyl (C=O) groups is 1. The van der Waals surface area contributed by atoms with Gasteiger partial charge in [-0.2, -0.15) is 0 Å². The van der Waals surface area contributed by atoms with Crippen molar-refractivity contribution >= 4 is 17.3 Å². The number of carboxylic acids is 1. The van der Waals surface area contributed by atoms with Gasteiger partial charge in [-0.1, -0.05) is 5.16 Å². The van der Waals surface area contributed by atoms with E-state index in [1.807, 2.05) is 26.8 Å². The van der Waals surface area contributed by atoms with Crippen molar-refractivity contribution in [3.05, 3.63) is 40.3 Å². The molecule has 1 heterocycles. The third-order valence-corrected chi connectivity index (χ3v) is 3.52. The average molecular weight is 289 g/mol. The number of rotatable bonds is 4. The molecule has 112 valence electrons. The van der Waals surface area contributed by atoms with E-state index in [-0.39, 0.29) is 17.3 Å². The summed E-state index contributed by atoms with van der Waals surface area (Å²) in [4.78, 5) is 11.2. The van der Waals surface area contributed by atoms with Crippen LogP contribution in [0.2, 0.25) is 0 Å². The fourth-order valence-electron chi connectivity index (χ4n) is 2.49. The summed E-state index contributed by atoms with van der Waals surface area (Å²) in [7, 11) is 0. The molecule has 0 spiro atoms. The quantitative estimate of drug-likeness (QED) is 0.748. The molecule has 1 atom stereocenters. The highest BCUT2D eigenvalue weighted by molar-refractivity contribution is 5.95. The second kappa shape index (κ2) is 5.47. The predicted octanol–water partition coefficient (Wildman–Crippen LogP) is 3.05. The molecule has 1 aromatic carbocycles. The van der Waals surface area contributed by atoms with Crippen LogP contribution >= 0.6 is 0 Å². The number of benzene rings is 1. The monoisotopic (exact) mass is 289 g/mol. The Bertz CT molecular complexity index is 672. The Balaban J connectivity index is 2.34. The second-order valence-corrected chi connectivity index (χ2v) is 5.16. The molecular formula is C15H19N3O3. The van der Waals surface area contributed by atoms with Crippen LogP contribution in [0.4, 0.5) is 11.4 Å². The highest BCUT2D eigenvalue weighted by atomic mass is 16.5. The van der Waals surface area contributed by atoms with E-state index in [2.05, 4.69) is 10.5 Å². The van der Waals surface area contributed by atoms with Crippen LogP contribution < -0.4 is 11.1 Å². The Morgan fingerprint density at radius 1 is 1.38 bits per heavy atom. The number of nitrogens with one attached hydrogen (secondary N) is 1. The molecular weight excluding hydrogens is 270 g/mol. The second-order valence-electron chi connectivity index (χ2n) is 5.16. The van der Waals surface area contributed by atoms with E-state index in [0.717, 1.165) is 22.6 Å². The first kappa shape index (κ1) is 14.9. The fourth-order valence-corrected chi connectivity index (χ4v) is 2.49. The lowest BCUT2D eigenvalue weighted by Crippen LogP contribution is -2.11. The van der Waals surface area contributed by atoms with Crippen molar-refractivity contribution in [3.8, 4) is 0 Å². The third kappa shape index (κ3) is 2.84. The Labute approximate surface area is 122 Å². The predicted molar refractivity (Wildman–Crippen MR) is 80.6 cm³/mol. The van der Waals surface area contributed by atoms with Crippen molar-refractivity contribution in [1.29, 1.82) is 0 Å². The number of carboxylic acid groups (broad SMARTS) is 1. The first-order valence-electron chi connectivity index (χ1n) is 6.64. The highest BCUT2D eigenvalue weighted by Crippen LogP contribution is 2.28. The zero-order valence-electron chi connectivity index (χ0n) is 12.5. The van der Waals surface area contributed by atoms with Crippen LogP contribution in [0.1, 0.15) is 45.9 Å². The lowest BCUT2D eigenvalue weighted by atomic mass is 10.0. The minimum atomic E-state index is -1.04. The van der Waals surface area contributed by atoms with Crippen LogP contribution in [0.5, 0.6) is 0 Å². The number of nitrogens with two attached hydrogens (primary N) is 1. The summed E-state index contributed by atoms with van der Waals surface area (Å²) in [5, 5.41) is 16.4. The SMILES string of the molecule is Cc1cc(NC(C)c2c(C)noc2C)cc(C(=O)O)c1N. The fraction of sp³-hybridized carbons (Fsp3) is 0.333. The average Bonchev–Trinajstić information content (AvgIpc) is 2.72. The molecule has 4 N–H and O–H groups in total. The summed E-state index contributed by atoms with van der Waals surface area (Å²) in [5.41, 5.74) is 9.40. The van der Waals surface area contributed by atoms with Gasteiger partial charge in [-0.3, -0.25) is 0 Å². The molecule has 6 heteroatoms. The summed E-state index contributed by atoms with van der Waals surface area (Å²) >= 11 is 0. The van der Waals surface area contributed by atoms with E-state index in [1.165, 1.54) is 0 Å². The van der Waals surface area contributed by atoms with E-state index in [1.54, 1.807) is 13.0 Å². The Morgan fingerprint density at radius 2 is 2.05 bits per heavy atom. The van der Waals surface area contributed by atoms with Gasteiger partial charge < -0.3 is 20.7 Å². The van der Waals surface area contributed by atoms with Gasteiger partial charge in [-0.05, 0) is 45.4 Å². The van der Waals surface area contributed by atoms with Gasteiger partial charge in [-0.25, -0.2) is 4.79 Å². The number of aryl methyl sites for hydroxylation is 3. The zero-order valence-corrected chi connectivity index (χ0v) is 12.5. The molecule has 0 saturated heterocycles. The van der Waals surface area contributed by atoms with Crippen LogP contribution in [-0.4, -0.2) is 16.2 Å². The molecule has 0 saturated carbocycles. The summed E-state index contributed by atoms with van der Waals surface area (Å²) in [5.74, 6) is -0.289. The van der Waals surface area contributed by atoms with Crippen LogP contribution in [0.15, 0.2) is 16.7 Å². The minimum absolute atomic E-state index is 0.0547. The zero-order chi connectivity index (χ0) is 15.7. The molecule has 0 fully saturated rings. The van der Waals surface area contributed by atoms with Gasteiger partial charge in [-0.15, -0.1) is 0 Å². The van der Waals surface area contributed by atoms with Gasteiger partial charge in [0.25, 0.3) is 0 Å². The Morgan fingerprint density at radius 3 is 2.57 bits per heavy atom. The van der Waals surface area contributed by atoms with Crippen molar-refractivity contribution in [2.24, 2.45) is 0 Å². The summed E-state index contributed by atoms with van der Waals surface area (Å²) in [6.07, 6.45) is 0. The molecule has 21 heavy (non-hydrogen) atoms. The van der Waals surface area contributed by atoms with E-state index in [9.17, 15) is 9.90 Å². The minimum Gasteiger partial charge on any atom is -0.478 e. The van der Waals surface area contributed by atoms with Crippen molar-refractivity contribution in [3.63, 3.8) is 0 Å². The maximum atomic E-state index is 11.2. The van der Waals surface area contributed by atoms with E-state index < -0.39 is 5.97 Å². The van der Waals surface area contributed by atoms with E-state index in [4.69, 9.17) is 10.3 Å². The van der Waals surface area contributed by atoms with Crippen LogP contribution in [0, 0.1) is 20.8 Å². The van der Waals surface area contributed by atoms with E-state index in [0.29, 0.717) is 5.69 Å². The first-order valence-corrected chi connectivity index (χ1v) is 6.64. The molecule has 0 bridgehead atoms. The molecule has 0 aliphatic carbocycles. The van der Waals surface area contributed by atoms with Gasteiger partial charge in [0.05, 0.1) is 17.3 Å². The maximum Gasteiger partial charge on any atom is 0.337 e. The smallest absolute Gasteiger partial charge is 0.337 e. The molecule has 1 aromatic heterocycles. The lowest BCUT2D eigenvalue weighted by molar-refractivity contribution is 0.0698. The molecule has 6 nitrogen and oxygen atoms in total. The van der Waals surface area contributed by atoms with Crippen molar-refractivity contribution in [2.75, 3.05) is 11.1 Å². The molecule has 0 amide bonds. The summed E-state index contributed by atoms with van der Waals surface area (Å²) in [6, 6.07) is 3.32. The summed E-state index contributed by atoms with van der Waals surface area (Å²) in [6.45, 7) is 7.48. The van der Waals surface area contributed by atoms with Crippen molar-refractivity contribution in [2.45, 2.75) is 33.7 Å². The number of hydrogen-bond donors (Lipinski definition) is 3. The topological polar surface area (TPSA) is 101 Å². The van der Waals surface area contributed by atoms with Gasteiger partial charge in [0.15, 0.2) is 0 Å². The van der Waals surface area contributed by atoms with Gasteiger partial charge in [0.2, 0.25) is 0 Å². The molecule has 0 aliphatic heterocycles. The number of aromatic nitrogens is 1. The van der Waals surface area contributed by atoms with Crippen molar-refractivity contribution in [1.82, 2.24) is 5.16 Å². The maximum absolute atomic E-state index is 11.2. The standard InChI is InChI=1S/C15H19N3O3/c1-7-5-11(6-12(14(7)16)15(19)20)17-8(2)13-9(3)18-21-10(13)4/h5-6,8,17H,16H2,1-4H3,(H,19,20). The van der Waals surface area contributed by atoms with Gasteiger partial charge in [0, 0.05) is 16.9 Å². The Kier molecular flexibility index (Phi) is 3.88. The number of nitrogens with zero attached hydrogens (tertiary/aromatic N) is 1. The van der Waals surface area contributed by atoms with Gasteiger partial charge >= 0.3 is 5.97 Å². The van der Waals surface area contributed by atoms with Gasteiger partial charge in [0.1, 0.15) is 5.76 Å². The number of nitrogen functional groups attached to an aromatic ring is 1. The molecule has 0 aliphatic rings. The van der Waals surface area contributed by atoms with Crippen LogP contribution in [-0.2, 0) is 0 Å². The largest absolute Gasteiger partial charge is 0.478 e. The molecule has 0 radical (unpaired) electrons. The first-order chi connectivity index (χ1) is 9.81. The lowest BCUT2D eigenvalue weighted by Gasteiger charge is -2.17. The van der Waals surface area contributed by atoms with E-state index >= 15 is 0 Å². The number of anilines is 2. The van der Waals surface area contributed by atoms with Crippen LogP contribution in [0.25, 0.3) is 0 Å².